The molecule has 0 heterocycles. The number of carbonyl (C=O) groups excluding carboxylic acids is 1. The monoisotopic (exact) mass is 312 g/mol. The summed E-state index contributed by atoms with van der Waals surface area (Å²) in [5.74, 6) is -2.70. The van der Waals surface area contributed by atoms with Crippen molar-refractivity contribution in [2.45, 2.75) is 19.3 Å². The summed E-state index contributed by atoms with van der Waals surface area (Å²) in [6.45, 7) is 0. The predicted octanol–water partition coefficient (Wildman–Crippen LogP) is 2.69. The minimum atomic E-state index is -0.984. The number of amides is 1. The van der Waals surface area contributed by atoms with Crippen LogP contribution in [0.25, 0.3) is 0 Å². The van der Waals surface area contributed by atoms with E-state index >= 15 is 0 Å². The molecule has 0 radical (unpaired) electrons. The third kappa shape index (κ3) is 3.30. The standard InChI is InChI=1S/C13H13ClN2O5/c14-10-6-7(16(20)21)4-5-11(10)15-12(17)8-2-1-3-9(8)13(18)19/h4-6,8-9H,1-3H2,(H,15,17)(H,18,19)/t8-,9+/m1/s1. The van der Waals surface area contributed by atoms with E-state index in [-0.39, 0.29) is 16.4 Å². The molecule has 0 unspecified atom stereocenters. The van der Waals surface area contributed by atoms with Crippen LogP contribution in [0.15, 0.2) is 18.2 Å². The van der Waals surface area contributed by atoms with Gasteiger partial charge in [-0.25, -0.2) is 0 Å². The summed E-state index contributed by atoms with van der Waals surface area (Å²) in [4.78, 5) is 33.2. The van der Waals surface area contributed by atoms with Crippen LogP contribution in [0.5, 0.6) is 0 Å². The van der Waals surface area contributed by atoms with Crippen molar-refractivity contribution in [1.29, 1.82) is 0 Å². The highest BCUT2D eigenvalue weighted by atomic mass is 35.5. The van der Waals surface area contributed by atoms with Gasteiger partial charge in [-0.05, 0) is 18.9 Å². The quantitative estimate of drug-likeness (QED) is 0.656. The molecule has 1 saturated carbocycles. The van der Waals surface area contributed by atoms with Gasteiger partial charge in [-0.1, -0.05) is 18.0 Å². The maximum absolute atomic E-state index is 12.1. The smallest absolute Gasteiger partial charge is 0.307 e. The topological polar surface area (TPSA) is 110 Å². The Kier molecular flexibility index (Phi) is 4.42. The van der Waals surface area contributed by atoms with Gasteiger partial charge in [0.1, 0.15) is 0 Å². The van der Waals surface area contributed by atoms with Crippen LogP contribution < -0.4 is 5.32 Å². The Labute approximate surface area is 125 Å². The summed E-state index contributed by atoms with van der Waals surface area (Å²) in [6, 6.07) is 3.70. The van der Waals surface area contributed by atoms with Gasteiger partial charge in [0, 0.05) is 12.1 Å². The maximum Gasteiger partial charge on any atom is 0.307 e. The van der Waals surface area contributed by atoms with Crippen LogP contribution in [0.1, 0.15) is 19.3 Å². The molecule has 2 N–H and O–H groups in total. The third-order valence-corrected chi connectivity index (χ3v) is 3.90. The fourth-order valence-corrected chi connectivity index (χ4v) is 2.74. The zero-order valence-electron chi connectivity index (χ0n) is 10.9. The highest BCUT2D eigenvalue weighted by Gasteiger charge is 2.37. The summed E-state index contributed by atoms with van der Waals surface area (Å²) in [6.07, 6.45) is 1.66. The first-order valence-electron chi connectivity index (χ1n) is 6.37. The van der Waals surface area contributed by atoms with E-state index in [0.717, 1.165) is 6.07 Å². The molecule has 2 rings (SSSR count). The van der Waals surface area contributed by atoms with Crippen molar-refractivity contribution in [2.24, 2.45) is 11.8 Å². The molecule has 8 heteroatoms. The minimum absolute atomic E-state index is 0.0439. The number of nitro benzene ring substituents is 1. The lowest BCUT2D eigenvalue weighted by molar-refractivity contribution is -0.384. The van der Waals surface area contributed by atoms with Crippen molar-refractivity contribution in [2.75, 3.05) is 5.32 Å². The molecule has 0 saturated heterocycles. The summed E-state index contributed by atoms with van der Waals surface area (Å²) in [5.41, 5.74) is 0.0607. The zero-order chi connectivity index (χ0) is 15.6. The van der Waals surface area contributed by atoms with Crippen molar-refractivity contribution in [3.05, 3.63) is 33.3 Å². The lowest BCUT2D eigenvalue weighted by Gasteiger charge is -2.16. The van der Waals surface area contributed by atoms with Gasteiger partial charge in [0.05, 0.1) is 27.5 Å². The van der Waals surface area contributed by atoms with E-state index in [0.29, 0.717) is 19.3 Å². The molecule has 0 aromatic heterocycles. The van der Waals surface area contributed by atoms with Crippen LogP contribution in [-0.4, -0.2) is 21.9 Å². The number of hydrogen-bond donors (Lipinski definition) is 2. The number of nitrogens with zero attached hydrogens (tertiary/aromatic N) is 1. The number of nitrogens with one attached hydrogen (secondary N) is 1. The van der Waals surface area contributed by atoms with E-state index < -0.39 is 28.6 Å². The van der Waals surface area contributed by atoms with E-state index in [1.54, 1.807) is 0 Å². The van der Waals surface area contributed by atoms with Crippen LogP contribution in [0.2, 0.25) is 5.02 Å². The van der Waals surface area contributed by atoms with E-state index in [2.05, 4.69) is 5.32 Å². The number of halogens is 1. The Bertz CT molecular complexity index is 604. The molecular formula is C13H13ClN2O5. The van der Waals surface area contributed by atoms with Crippen molar-refractivity contribution in [1.82, 2.24) is 0 Å². The second kappa shape index (κ2) is 6.09. The molecule has 1 aromatic rings. The van der Waals surface area contributed by atoms with Crippen molar-refractivity contribution in [3.8, 4) is 0 Å². The lowest BCUT2D eigenvalue weighted by atomic mass is 9.95. The molecule has 112 valence electrons. The molecule has 1 aliphatic rings. The number of aliphatic carboxylic acids is 1. The van der Waals surface area contributed by atoms with Gasteiger partial charge in [0.25, 0.3) is 5.69 Å². The number of carboxylic acid groups (broad SMARTS) is 1. The average Bonchev–Trinajstić information content (AvgIpc) is 2.90. The molecule has 1 aliphatic carbocycles. The molecule has 7 nitrogen and oxygen atoms in total. The fourth-order valence-electron chi connectivity index (χ4n) is 2.51. The van der Waals surface area contributed by atoms with Crippen LogP contribution in [0, 0.1) is 22.0 Å². The number of hydrogen-bond acceptors (Lipinski definition) is 4. The van der Waals surface area contributed by atoms with Gasteiger partial charge in [0.2, 0.25) is 5.91 Å². The first-order valence-corrected chi connectivity index (χ1v) is 6.75. The molecule has 1 fully saturated rings. The van der Waals surface area contributed by atoms with Crippen LogP contribution in [0.4, 0.5) is 11.4 Å². The SMILES string of the molecule is O=C(O)[C@H]1CCC[C@H]1C(=O)Nc1ccc([N+](=O)[O-])cc1Cl. The Morgan fingerprint density at radius 2 is 2.00 bits per heavy atom. The summed E-state index contributed by atoms with van der Waals surface area (Å²) in [5, 5.41) is 22.3. The van der Waals surface area contributed by atoms with Crippen molar-refractivity contribution < 1.29 is 19.6 Å². The van der Waals surface area contributed by atoms with Gasteiger partial charge < -0.3 is 10.4 Å². The van der Waals surface area contributed by atoms with E-state index in [9.17, 15) is 19.7 Å². The van der Waals surface area contributed by atoms with Gasteiger partial charge in [0.15, 0.2) is 0 Å². The number of nitro groups is 1. The lowest BCUT2D eigenvalue weighted by Crippen LogP contribution is -2.30. The number of anilines is 1. The molecule has 0 aliphatic heterocycles. The highest BCUT2D eigenvalue weighted by Crippen LogP contribution is 2.34. The van der Waals surface area contributed by atoms with Gasteiger partial charge in [-0.3, -0.25) is 19.7 Å². The van der Waals surface area contributed by atoms with Crippen LogP contribution in [-0.2, 0) is 9.59 Å². The van der Waals surface area contributed by atoms with Gasteiger partial charge in [-0.2, -0.15) is 0 Å². The van der Waals surface area contributed by atoms with Gasteiger partial charge in [-0.15, -0.1) is 0 Å². The van der Waals surface area contributed by atoms with E-state index in [1.807, 2.05) is 0 Å². The Morgan fingerprint density at radius 1 is 1.33 bits per heavy atom. The number of rotatable bonds is 4. The second-order valence-corrected chi connectivity index (χ2v) is 5.30. The molecular weight excluding hydrogens is 300 g/mol. The maximum atomic E-state index is 12.1. The molecule has 21 heavy (non-hydrogen) atoms. The Morgan fingerprint density at radius 3 is 2.57 bits per heavy atom. The molecule has 0 spiro atoms. The first kappa shape index (κ1) is 15.2. The summed E-state index contributed by atoms with van der Waals surface area (Å²) < 4.78 is 0. The molecule has 1 aromatic carbocycles. The molecule has 0 bridgehead atoms. The second-order valence-electron chi connectivity index (χ2n) is 4.89. The number of non-ortho nitro benzene ring substituents is 1. The van der Waals surface area contributed by atoms with Crippen LogP contribution >= 0.6 is 11.6 Å². The van der Waals surface area contributed by atoms with Crippen molar-refractivity contribution in [3.63, 3.8) is 0 Å². The van der Waals surface area contributed by atoms with Crippen molar-refractivity contribution >= 4 is 34.9 Å². The van der Waals surface area contributed by atoms with E-state index in [4.69, 9.17) is 16.7 Å². The minimum Gasteiger partial charge on any atom is -0.481 e. The van der Waals surface area contributed by atoms with E-state index in [1.165, 1.54) is 12.1 Å². The average molecular weight is 313 g/mol. The normalized spacial score (nSPS) is 21.0. The Hall–Kier alpha value is -2.15. The molecule has 1 amide bonds. The summed E-state index contributed by atoms with van der Waals surface area (Å²) >= 11 is 5.89. The van der Waals surface area contributed by atoms with Crippen LogP contribution in [0.3, 0.4) is 0 Å². The fraction of sp³-hybridized carbons (Fsp3) is 0.385. The Balaban J connectivity index is 2.13. The zero-order valence-corrected chi connectivity index (χ0v) is 11.7. The number of carboxylic acids is 1. The highest BCUT2D eigenvalue weighted by molar-refractivity contribution is 6.34. The predicted molar refractivity (Wildman–Crippen MR) is 75.2 cm³/mol. The summed E-state index contributed by atoms with van der Waals surface area (Å²) in [7, 11) is 0. The number of benzene rings is 1. The van der Waals surface area contributed by atoms with Gasteiger partial charge >= 0.3 is 5.97 Å². The third-order valence-electron chi connectivity index (χ3n) is 3.59. The number of carbonyl (C=O) groups is 2. The first-order chi connectivity index (χ1) is 9.90. The largest absolute Gasteiger partial charge is 0.481 e. The molecule has 2 atom stereocenters.